The van der Waals surface area contributed by atoms with Crippen LogP contribution in [-0.4, -0.2) is 41.0 Å². The van der Waals surface area contributed by atoms with E-state index in [4.69, 9.17) is 16.0 Å². The maximum atomic E-state index is 12.5. The first-order chi connectivity index (χ1) is 11.6. The third kappa shape index (κ3) is 2.82. The van der Waals surface area contributed by atoms with Crippen LogP contribution in [0.15, 0.2) is 34.9 Å². The summed E-state index contributed by atoms with van der Waals surface area (Å²) in [6, 6.07) is 8.15. The van der Waals surface area contributed by atoms with Gasteiger partial charge in [0.1, 0.15) is 0 Å². The number of halogens is 1. The average Bonchev–Trinajstić information content (AvgIpc) is 3.06. The van der Waals surface area contributed by atoms with Gasteiger partial charge < -0.3 is 9.73 Å². The lowest BCUT2D eigenvalue weighted by Crippen LogP contribution is -2.60. The monoisotopic (exact) mass is 345 g/mol. The summed E-state index contributed by atoms with van der Waals surface area (Å²) in [5.74, 6) is 0.898. The molecule has 5 rings (SSSR count). The van der Waals surface area contributed by atoms with Crippen LogP contribution in [0.3, 0.4) is 0 Å². The molecule has 126 valence electrons. The molecular weight excluding hydrogens is 326 g/mol. The van der Waals surface area contributed by atoms with Crippen LogP contribution in [0.2, 0.25) is 5.02 Å². The molecule has 0 aliphatic carbocycles. The van der Waals surface area contributed by atoms with Crippen molar-refractivity contribution in [3.63, 3.8) is 0 Å². The van der Waals surface area contributed by atoms with E-state index in [9.17, 15) is 4.79 Å². The number of carbonyl (C=O) groups is 1. The van der Waals surface area contributed by atoms with Crippen LogP contribution in [-0.2, 0) is 0 Å². The van der Waals surface area contributed by atoms with Gasteiger partial charge in [-0.25, -0.2) is 4.98 Å². The van der Waals surface area contributed by atoms with Crippen molar-refractivity contribution in [1.82, 2.24) is 15.2 Å². The van der Waals surface area contributed by atoms with E-state index < -0.39 is 0 Å². The smallest absolute Gasteiger partial charge is 0.307 e. The fraction of sp³-hybridized carbons (Fsp3) is 0.444. The second-order valence-corrected chi connectivity index (χ2v) is 7.13. The molecular formula is C18H20ClN3O2. The van der Waals surface area contributed by atoms with E-state index in [1.807, 2.05) is 18.2 Å². The van der Waals surface area contributed by atoms with E-state index >= 15 is 0 Å². The number of rotatable bonds is 3. The predicted molar refractivity (Wildman–Crippen MR) is 92.0 cm³/mol. The number of fused-ring (bicyclic) bond motifs is 3. The number of piperidine rings is 3. The van der Waals surface area contributed by atoms with Crippen molar-refractivity contribution in [3.8, 4) is 11.3 Å². The minimum atomic E-state index is -0.250. The number of hydrogen-bond acceptors (Lipinski definition) is 4. The summed E-state index contributed by atoms with van der Waals surface area (Å²) in [6.07, 6.45) is 3.84. The Kier molecular flexibility index (Phi) is 4.06. The molecule has 6 heteroatoms. The van der Waals surface area contributed by atoms with Crippen molar-refractivity contribution < 1.29 is 9.21 Å². The van der Waals surface area contributed by atoms with Crippen LogP contribution in [0, 0.1) is 5.92 Å². The molecule has 3 fully saturated rings. The van der Waals surface area contributed by atoms with Crippen molar-refractivity contribution >= 4 is 17.5 Å². The quantitative estimate of drug-likeness (QED) is 0.928. The van der Waals surface area contributed by atoms with Gasteiger partial charge in [0.2, 0.25) is 0 Å². The minimum absolute atomic E-state index is 0.0921. The number of nitrogens with one attached hydrogen (secondary N) is 1. The zero-order valence-corrected chi connectivity index (χ0v) is 14.3. The molecule has 2 bridgehead atoms. The summed E-state index contributed by atoms with van der Waals surface area (Å²) in [5, 5.41) is 3.67. The number of carbonyl (C=O) groups excluding carboxylic acids is 1. The molecule has 3 aliphatic rings. The van der Waals surface area contributed by atoms with Gasteiger partial charge in [-0.3, -0.25) is 9.69 Å². The number of benzene rings is 1. The van der Waals surface area contributed by atoms with Gasteiger partial charge in [-0.1, -0.05) is 23.7 Å². The molecule has 4 heterocycles. The van der Waals surface area contributed by atoms with E-state index in [0.717, 1.165) is 31.5 Å². The molecule has 1 aromatic carbocycles. The Morgan fingerprint density at radius 3 is 2.96 bits per heavy atom. The standard InChI is InChI=1S/C18H20ClN3O2/c1-11-8-12-6-7-22(11)10-15(12)21-17(23)18-20-9-16(24-18)13-4-2-3-5-14(13)19/h2-5,9,11-12,15H,6-8,10H2,1H3,(H,21,23)/t11?,12?,15-/m0/s1. The fourth-order valence-corrected chi connectivity index (χ4v) is 4.08. The second kappa shape index (κ2) is 6.22. The van der Waals surface area contributed by atoms with Crippen LogP contribution in [0.25, 0.3) is 11.3 Å². The van der Waals surface area contributed by atoms with E-state index in [2.05, 4.69) is 22.1 Å². The van der Waals surface area contributed by atoms with E-state index in [1.54, 1.807) is 12.3 Å². The van der Waals surface area contributed by atoms with Crippen LogP contribution >= 0.6 is 11.6 Å². The Bertz CT molecular complexity index is 760. The summed E-state index contributed by atoms with van der Waals surface area (Å²) in [6.45, 7) is 4.30. The minimum Gasteiger partial charge on any atom is -0.432 e. The second-order valence-electron chi connectivity index (χ2n) is 6.72. The van der Waals surface area contributed by atoms with Crippen molar-refractivity contribution in [1.29, 1.82) is 0 Å². The molecule has 3 unspecified atom stereocenters. The highest BCUT2D eigenvalue weighted by molar-refractivity contribution is 6.33. The lowest BCUT2D eigenvalue weighted by Gasteiger charge is -2.48. The van der Waals surface area contributed by atoms with Gasteiger partial charge in [-0.05, 0) is 44.4 Å². The summed E-state index contributed by atoms with van der Waals surface area (Å²) in [5.41, 5.74) is 0.738. The summed E-state index contributed by atoms with van der Waals surface area (Å²) < 4.78 is 5.63. The SMILES string of the molecule is CC1CC2CCN1C[C@@H]2NC(=O)c1ncc(-c2ccccc2Cl)o1. The van der Waals surface area contributed by atoms with E-state index in [1.165, 1.54) is 0 Å². The Morgan fingerprint density at radius 1 is 1.42 bits per heavy atom. The lowest BCUT2D eigenvalue weighted by molar-refractivity contribution is 0.0267. The first-order valence-electron chi connectivity index (χ1n) is 8.37. The van der Waals surface area contributed by atoms with Gasteiger partial charge in [-0.2, -0.15) is 0 Å². The molecule has 1 aromatic heterocycles. The lowest BCUT2D eigenvalue weighted by atomic mass is 9.80. The number of nitrogens with zero attached hydrogens (tertiary/aromatic N) is 2. The van der Waals surface area contributed by atoms with Crippen molar-refractivity contribution in [2.45, 2.75) is 31.8 Å². The van der Waals surface area contributed by atoms with Crippen LogP contribution < -0.4 is 5.32 Å². The molecule has 4 atom stereocenters. The Morgan fingerprint density at radius 2 is 2.25 bits per heavy atom. The molecule has 1 N–H and O–H groups in total. The number of amides is 1. The highest BCUT2D eigenvalue weighted by Crippen LogP contribution is 2.32. The zero-order valence-electron chi connectivity index (χ0n) is 13.5. The largest absolute Gasteiger partial charge is 0.432 e. The van der Waals surface area contributed by atoms with Gasteiger partial charge in [0, 0.05) is 24.2 Å². The Labute approximate surface area is 146 Å². The number of oxazole rings is 1. The maximum absolute atomic E-state index is 12.5. The maximum Gasteiger partial charge on any atom is 0.307 e. The average molecular weight is 346 g/mol. The van der Waals surface area contributed by atoms with Gasteiger partial charge >= 0.3 is 5.91 Å². The number of hydrogen-bond donors (Lipinski definition) is 1. The summed E-state index contributed by atoms with van der Waals surface area (Å²) in [4.78, 5) is 19.0. The third-order valence-corrected chi connectivity index (χ3v) is 5.54. The normalized spacial score (nSPS) is 28.8. The Balaban J connectivity index is 1.47. The molecule has 5 nitrogen and oxygen atoms in total. The van der Waals surface area contributed by atoms with Crippen molar-refractivity contribution in [3.05, 3.63) is 41.4 Å². The third-order valence-electron chi connectivity index (χ3n) is 5.21. The number of aromatic nitrogens is 1. The van der Waals surface area contributed by atoms with Gasteiger partial charge in [-0.15, -0.1) is 0 Å². The molecule has 2 aromatic rings. The van der Waals surface area contributed by atoms with Crippen LogP contribution in [0.1, 0.15) is 30.5 Å². The van der Waals surface area contributed by atoms with Crippen LogP contribution in [0.4, 0.5) is 0 Å². The van der Waals surface area contributed by atoms with E-state index in [-0.39, 0.29) is 17.8 Å². The molecule has 3 aliphatic heterocycles. The van der Waals surface area contributed by atoms with Gasteiger partial charge in [0.05, 0.1) is 11.2 Å². The fourth-order valence-electron chi connectivity index (χ4n) is 3.85. The molecule has 0 saturated carbocycles. The van der Waals surface area contributed by atoms with E-state index in [0.29, 0.717) is 22.7 Å². The highest BCUT2D eigenvalue weighted by Gasteiger charge is 2.39. The first kappa shape index (κ1) is 15.7. The van der Waals surface area contributed by atoms with Crippen LogP contribution in [0.5, 0.6) is 0 Å². The predicted octanol–water partition coefficient (Wildman–Crippen LogP) is 3.21. The molecule has 3 saturated heterocycles. The molecule has 1 amide bonds. The topological polar surface area (TPSA) is 58.4 Å². The van der Waals surface area contributed by atoms with Gasteiger partial charge in [0.25, 0.3) is 5.89 Å². The summed E-state index contributed by atoms with van der Waals surface area (Å²) in [7, 11) is 0. The molecule has 24 heavy (non-hydrogen) atoms. The highest BCUT2D eigenvalue weighted by atomic mass is 35.5. The summed E-state index contributed by atoms with van der Waals surface area (Å²) >= 11 is 6.17. The zero-order chi connectivity index (χ0) is 16.7. The first-order valence-corrected chi connectivity index (χ1v) is 8.75. The van der Waals surface area contributed by atoms with Crippen molar-refractivity contribution in [2.75, 3.05) is 13.1 Å². The van der Waals surface area contributed by atoms with Gasteiger partial charge in [0.15, 0.2) is 5.76 Å². The molecule has 0 spiro atoms. The Hall–Kier alpha value is -1.85. The molecule has 0 radical (unpaired) electrons. The van der Waals surface area contributed by atoms with Crippen molar-refractivity contribution in [2.24, 2.45) is 5.92 Å².